The quantitative estimate of drug-likeness (QED) is 0.433. The molecular weight excluding hydrogens is 106 g/mol. The summed E-state index contributed by atoms with van der Waals surface area (Å²) in [5.74, 6) is 0. The molecule has 0 saturated heterocycles. The molecule has 0 aliphatic rings. The van der Waals surface area contributed by atoms with Crippen LogP contribution in [0.15, 0.2) is 11.0 Å². The van der Waals surface area contributed by atoms with Crippen LogP contribution in [0.2, 0.25) is 0 Å². The zero-order valence-electron chi connectivity index (χ0n) is 4.56. The lowest BCUT2D eigenvalue weighted by Gasteiger charge is -1.85. The smallest absolute Gasteiger partial charge is 0.0551 e. The minimum Gasteiger partial charge on any atom is -0.302 e. The fourth-order valence-electron chi connectivity index (χ4n) is 0.161. The molecule has 1 N–H and O–H groups in total. The second-order valence-corrected chi connectivity index (χ2v) is 2.25. The lowest BCUT2D eigenvalue weighted by molar-refractivity contribution is 1.58. The largest absolute Gasteiger partial charge is 0.302 e. The predicted molar refractivity (Wildman–Crippen MR) is 35.8 cm³/mol. The molecule has 0 amide bonds. The SMILES string of the molecule is C/C=C(/C)SC=N. The van der Waals surface area contributed by atoms with Crippen molar-refractivity contribution in [3.05, 3.63) is 11.0 Å². The third-order valence-corrected chi connectivity index (χ3v) is 1.38. The average Bonchev–Trinajstić information content (AvgIpc) is 1.68. The van der Waals surface area contributed by atoms with Crippen molar-refractivity contribution < 1.29 is 0 Å². The standard InChI is InChI=1S/C5H9NS/c1-3-5(2)7-4-6/h3-4,6H,1-2H3/b5-3-,6-4?. The molecule has 7 heavy (non-hydrogen) atoms. The number of hydrogen-bond donors (Lipinski definition) is 1. The summed E-state index contributed by atoms with van der Waals surface area (Å²) in [6.45, 7) is 3.95. The lowest BCUT2D eigenvalue weighted by atomic mass is 10.6. The summed E-state index contributed by atoms with van der Waals surface area (Å²) >= 11 is 1.43. The van der Waals surface area contributed by atoms with Gasteiger partial charge in [0.15, 0.2) is 0 Å². The van der Waals surface area contributed by atoms with Crippen molar-refractivity contribution in [3.63, 3.8) is 0 Å². The highest BCUT2D eigenvalue weighted by Crippen LogP contribution is 2.08. The van der Waals surface area contributed by atoms with Gasteiger partial charge in [-0.05, 0) is 18.8 Å². The van der Waals surface area contributed by atoms with E-state index in [-0.39, 0.29) is 0 Å². The first-order chi connectivity index (χ1) is 3.31. The van der Waals surface area contributed by atoms with Gasteiger partial charge in [0.05, 0.1) is 5.55 Å². The summed E-state index contributed by atoms with van der Waals surface area (Å²) in [7, 11) is 0. The van der Waals surface area contributed by atoms with E-state index in [0.717, 1.165) is 0 Å². The molecule has 0 unspecified atom stereocenters. The monoisotopic (exact) mass is 115 g/mol. The third kappa shape index (κ3) is 3.59. The number of nitrogens with one attached hydrogen (secondary N) is 1. The van der Waals surface area contributed by atoms with Crippen LogP contribution in [0.4, 0.5) is 0 Å². The maximum Gasteiger partial charge on any atom is 0.0551 e. The van der Waals surface area contributed by atoms with E-state index in [9.17, 15) is 0 Å². The molecule has 1 nitrogen and oxygen atoms in total. The van der Waals surface area contributed by atoms with Gasteiger partial charge in [-0.25, -0.2) is 0 Å². The van der Waals surface area contributed by atoms with Crippen LogP contribution in [0.25, 0.3) is 0 Å². The zero-order valence-corrected chi connectivity index (χ0v) is 5.38. The van der Waals surface area contributed by atoms with Crippen molar-refractivity contribution in [2.45, 2.75) is 13.8 Å². The molecule has 0 aromatic heterocycles. The van der Waals surface area contributed by atoms with Gasteiger partial charge in [0.1, 0.15) is 0 Å². The summed E-state index contributed by atoms with van der Waals surface area (Å²) in [6, 6.07) is 0. The Morgan fingerprint density at radius 1 is 1.71 bits per heavy atom. The van der Waals surface area contributed by atoms with E-state index in [1.807, 2.05) is 19.9 Å². The fourth-order valence-corrected chi connectivity index (χ4v) is 0.483. The van der Waals surface area contributed by atoms with Crippen LogP contribution in [0, 0.1) is 5.41 Å². The molecule has 0 bridgehead atoms. The van der Waals surface area contributed by atoms with Gasteiger partial charge < -0.3 is 5.41 Å². The maximum atomic E-state index is 6.63. The molecule has 0 radical (unpaired) electrons. The highest BCUT2D eigenvalue weighted by molar-refractivity contribution is 8.15. The van der Waals surface area contributed by atoms with Gasteiger partial charge in [-0.15, -0.1) is 0 Å². The van der Waals surface area contributed by atoms with Crippen molar-refractivity contribution in [1.29, 1.82) is 5.41 Å². The van der Waals surface area contributed by atoms with Crippen LogP contribution in [0.5, 0.6) is 0 Å². The molecular formula is C5H9NS. The van der Waals surface area contributed by atoms with Crippen molar-refractivity contribution in [3.8, 4) is 0 Å². The van der Waals surface area contributed by atoms with Crippen LogP contribution >= 0.6 is 11.8 Å². The Labute approximate surface area is 48.3 Å². The Bertz CT molecular complexity index is 86.1. The number of hydrogen-bond acceptors (Lipinski definition) is 2. The highest BCUT2D eigenvalue weighted by Gasteiger charge is 1.77. The van der Waals surface area contributed by atoms with Gasteiger partial charge in [0.25, 0.3) is 0 Å². The van der Waals surface area contributed by atoms with E-state index in [0.29, 0.717) is 0 Å². The molecule has 0 aromatic carbocycles. The zero-order chi connectivity index (χ0) is 5.70. The van der Waals surface area contributed by atoms with E-state index in [1.165, 1.54) is 22.2 Å². The minimum atomic E-state index is 1.18. The first kappa shape index (κ1) is 6.76. The van der Waals surface area contributed by atoms with Gasteiger partial charge in [-0.3, -0.25) is 0 Å². The van der Waals surface area contributed by atoms with Crippen molar-refractivity contribution in [1.82, 2.24) is 0 Å². The molecule has 0 heterocycles. The van der Waals surface area contributed by atoms with Crippen LogP contribution < -0.4 is 0 Å². The number of rotatable bonds is 2. The van der Waals surface area contributed by atoms with Crippen LogP contribution in [0.1, 0.15) is 13.8 Å². The van der Waals surface area contributed by atoms with Crippen molar-refractivity contribution in [2.75, 3.05) is 0 Å². The van der Waals surface area contributed by atoms with Crippen molar-refractivity contribution in [2.24, 2.45) is 0 Å². The first-order valence-corrected chi connectivity index (χ1v) is 2.97. The van der Waals surface area contributed by atoms with Crippen LogP contribution in [0.3, 0.4) is 0 Å². The average molecular weight is 115 g/mol. The Morgan fingerprint density at radius 2 is 2.29 bits per heavy atom. The summed E-state index contributed by atoms with van der Waals surface area (Å²) < 4.78 is 0. The Kier molecular flexibility index (Phi) is 3.80. The van der Waals surface area contributed by atoms with Gasteiger partial charge in [0.2, 0.25) is 0 Å². The van der Waals surface area contributed by atoms with Gasteiger partial charge in [-0.2, -0.15) is 0 Å². The minimum absolute atomic E-state index is 1.18. The van der Waals surface area contributed by atoms with Gasteiger partial charge in [0, 0.05) is 0 Å². The number of allylic oxidation sites excluding steroid dienone is 2. The maximum absolute atomic E-state index is 6.63. The van der Waals surface area contributed by atoms with E-state index >= 15 is 0 Å². The molecule has 2 heteroatoms. The normalized spacial score (nSPS) is 11.4. The van der Waals surface area contributed by atoms with Crippen molar-refractivity contribution >= 4 is 17.3 Å². The Balaban J connectivity index is 3.36. The number of thioether (sulfide) groups is 1. The second-order valence-electron chi connectivity index (χ2n) is 1.14. The van der Waals surface area contributed by atoms with Crippen LogP contribution in [-0.4, -0.2) is 5.55 Å². The molecule has 0 saturated carbocycles. The summed E-state index contributed by atoms with van der Waals surface area (Å²) in [6.07, 6.45) is 1.98. The summed E-state index contributed by atoms with van der Waals surface area (Å²) in [5.41, 5.74) is 1.33. The molecule has 0 spiro atoms. The van der Waals surface area contributed by atoms with Crippen LogP contribution in [-0.2, 0) is 0 Å². The molecule has 0 rings (SSSR count). The summed E-state index contributed by atoms with van der Waals surface area (Å²) in [5, 5.41) is 6.63. The second kappa shape index (κ2) is 3.93. The highest BCUT2D eigenvalue weighted by atomic mass is 32.2. The fraction of sp³-hybridized carbons (Fsp3) is 0.400. The molecule has 0 aliphatic carbocycles. The third-order valence-electron chi connectivity index (χ3n) is 0.651. The Hall–Kier alpha value is -0.240. The first-order valence-electron chi connectivity index (χ1n) is 2.09. The molecule has 0 fully saturated rings. The molecule has 0 aliphatic heterocycles. The van der Waals surface area contributed by atoms with E-state index in [1.54, 1.807) is 0 Å². The van der Waals surface area contributed by atoms with E-state index < -0.39 is 0 Å². The van der Waals surface area contributed by atoms with E-state index in [2.05, 4.69) is 0 Å². The summed E-state index contributed by atoms with van der Waals surface area (Å²) in [4.78, 5) is 1.18. The molecule has 0 atom stereocenters. The lowest BCUT2D eigenvalue weighted by Crippen LogP contribution is -1.61. The topological polar surface area (TPSA) is 23.9 Å². The van der Waals surface area contributed by atoms with E-state index in [4.69, 9.17) is 5.41 Å². The molecule has 0 aromatic rings. The predicted octanol–water partition coefficient (Wildman–Crippen LogP) is 2.25. The molecule has 40 valence electrons. The van der Waals surface area contributed by atoms with Gasteiger partial charge in [-0.1, -0.05) is 17.8 Å². The Morgan fingerprint density at radius 3 is 2.43 bits per heavy atom. The van der Waals surface area contributed by atoms with Gasteiger partial charge >= 0.3 is 0 Å².